The van der Waals surface area contributed by atoms with Crippen LogP contribution in [0.5, 0.6) is 0 Å². The van der Waals surface area contributed by atoms with Crippen LogP contribution in [-0.4, -0.2) is 40.2 Å². The van der Waals surface area contributed by atoms with Crippen molar-refractivity contribution in [1.29, 1.82) is 0 Å². The topological polar surface area (TPSA) is 69.9 Å². The van der Waals surface area contributed by atoms with Crippen LogP contribution in [0.2, 0.25) is 10.0 Å². The maximum atomic E-state index is 10.0. The van der Waals surface area contributed by atoms with Crippen molar-refractivity contribution >= 4 is 23.2 Å². The first kappa shape index (κ1) is 13.1. The quantitative estimate of drug-likeness (QED) is 0.759. The summed E-state index contributed by atoms with van der Waals surface area (Å²) in [5.41, 5.74) is 0.484. The van der Waals surface area contributed by atoms with Crippen LogP contribution in [0.3, 0.4) is 0 Å². The van der Waals surface area contributed by atoms with E-state index in [0.717, 1.165) is 0 Å². The van der Waals surface area contributed by atoms with Gasteiger partial charge < -0.3 is 20.1 Å². The van der Waals surface area contributed by atoms with E-state index >= 15 is 0 Å². The second-order valence-electron chi connectivity index (χ2n) is 3.97. The number of benzene rings is 1. The van der Waals surface area contributed by atoms with Crippen LogP contribution in [-0.2, 0) is 4.74 Å². The summed E-state index contributed by atoms with van der Waals surface area (Å²) in [5, 5.41) is 29.7. The van der Waals surface area contributed by atoms with Crippen LogP contribution in [0.15, 0.2) is 18.2 Å². The molecule has 6 heteroatoms. The van der Waals surface area contributed by atoms with Gasteiger partial charge in [-0.2, -0.15) is 0 Å². The number of aliphatic hydroxyl groups excluding tert-OH is 3. The number of hydrogen-bond donors (Lipinski definition) is 3. The van der Waals surface area contributed by atoms with E-state index in [1.807, 2.05) is 0 Å². The Labute approximate surface area is 108 Å². The van der Waals surface area contributed by atoms with Gasteiger partial charge in [-0.25, -0.2) is 0 Å². The zero-order chi connectivity index (χ0) is 12.6. The van der Waals surface area contributed by atoms with Gasteiger partial charge in [0.15, 0.2) is 0 Å². The van der Waals surface area contributed by atoms with E-state index in [9.17, 15) is 15.3 Å². The van der Waals surface area contributed by atoms with Gasteiger partial charge in [0.1, 0.15) is 24.4 Å². The lowest BCUT2D eigenvalue weighted by Gasteiger charge is -2.21. The summed E-state index contributed by atoms with van der Waals surface area (Å²) < 4.78 is 5.14. The average molecular weight is 279 g/mol. The number of ether oxygens (including phenoxy) is 1. The normalized spacial score (nSPS) is 30.5. The lowest BCUT2D eigenvalue weighted by molar-refractivity contribution is -0.0520. The number of hydrogen-bond acceptors (Lipinski definition) is 4. The minimum Gasteiger partial charge on any atom is -0.388 e. The summed E-state index contributed by atoms with van der Waals surface area (Å²) in [4.78, 5) is 0. The zero-order valence-electron chi connectivity index (χ0n) is 8.75. The van der Waals surface area contributed by atoms with E-state index in [0.29, 0.717) is 15.6 Å². The highest BCUT2D eigenvalue weighted by atomic mass is 35.5. The third-order valence-electron chi connectivity index (χ3n) is 2.79. The van der Waals surface area contributed by atoms with Crippen LogP contribution in [0, 0.1) is 0 Å². The first-order valence-electron chi connectivity index (χ1n) is 5.11. The predicted octanol–water partition coefficient (Wildman–Crippen LogP) is 1.15. The Hall–Kier alpha value is -0.360. The molecule has 3 unspecified atom stereocenters. The van der Waals surface area contributed by atoms with Crippen molar-refractivity contribution in [2.24, 2.45) is 0 Å². The molecule has 1 fully saturated rings. The fourth-order valence-electron chi connectivity index (χ4n) is 1.79. The molecular weight excluding hydrogens is 267 g/mol. The molecular formula is C11H12Cl2O4. The van der Waals surface area contributed by atoms with Gasteiger partial charge in [-0.1, -0.05) is 29.3 Å². The van der Waals surface area contributed by atoms with Crippen LogP contribution >= 0.6 is 23.2 Å². The predicted molar refractivity (Wildman–Crippen MR) is 63.2 cm³/mol. The molecule has 2 rings (SSSR count). The van der Waals surface area contributed by atoms with Gasteiger partial charge in [-0.05, 0) is 17.7 Å². The van der Waals surface area contributed by atoms with Gasteiger partial charge in [0.05, 0.1) is 16.7 Å². The highest BCUT2D eigenvalue weighted by molar-refractivity contribution is 6.42. The first-order chi connectivity index (χ1) is 8.00. The van der Waals surface area contributed by atoms with E-state index in [2.05, 4.69) is 0 Å². The lowest BCUT2D eigenvalue weighted by Crippen LogP contribution is -2.34. The van der Waals surface area contributed by atoms with Crippen molar-refractivity contribution in [2.75, 3.05) is 6.61 Å². The Morgan fingerprint density at radius 2 is 1.94 bits per heavy atom. The van der Waals surface area contributed by atoms with E-state index in [4.69, 9.17) is 27.9 Å². The number of rotatable bonds is 2. The average Bonchev–Trinajstić information content (AvgIpc) is 2.63. The summed E-state index contributed by atoms with van der Waals surface area (Å²) in [7, 11) is 0. The van der Waals surface area contributed by atoms with Crippen LogP contribution in [0.1, 0.15) is 11.7 Å². The Bertz CT molecular complexity index is 412. The van der Waals surface area contributed by atoms with E-state index in [1.54, 1.807) is 12.1 Å². The Kier molecular flexibility index (Phi) is 3.92. The molecule has 0 aliphatic carbocycles. The molecule has 4 nitrogen and oxygen atoms in total. The van der Waals surface area contributed by atoms with Gasteiger partial charge in [0, 0.05) is 0 Å². The SMILES string of the molecule is OC1COC([C@H](O)c2ccc(Cl)c(Cl)c2)C1O. The monoisotopic (exact) mass is 278 g/mol. The van der Waals surface area contributed by atoms with Gasteiger partial charge >= 0.3 is 0 Å². The molecule has 0 aromatic heterocycles. The van der Waals surface area contributed by atoms with Crippen molar-refractivity contribution < 1.29 is 20.1 Å². The highest BCUT2D eigenvalue weighted by Gasteiger charge is 2.39. The van der Waals surface area contributed by atoms with Gasteiger partial charge in [0.25, 0.3) is 0 Å². The molecule has 0 saturated carbocycles. The van der Waals surface area contributed by atoms with Crippen molar-refractivity contribution in [1.82, 2.24) is 0 Å². The van der Waals surface area contributed by atoms with Crippen LogP contribution in [0.25, 0.3) is 0 Å². The third kappa shape index (κ3) is 2.57. The van der Waals surface area contributed by atoms with E-state index < -0.39 is 24.4 Å². The van der Waals surface area contributed by atoms with Gasteiger partial charge in [-0.3, -0.25) is 0 Å². The van der Waals surface area contributed by atoms with E-state index in [1.165, 1.54) is 6.07 Å². The molecule has 1 saturated heterocycles. The molecule has 0 amide bonds. The van der Waals surface area contributed by atoms with Crippen molar-refractivity contribution in [3.63, 3.8) is 0 Å². The Morgan fingerprint density at radius 3 is 2.47 bits per heavy atom. The Morgan fingerprint density at radius 1 is 1.24 bits per heavy atom. The van der Waals surface area contributed by atoms with E-state index in [-0.39, 0.29) is 6.61 Å². The molecule has 3 N–H and O–H groups in total. The molecule has 94 valence electrons. The molecule has 0 radical (unpaired) electrons. The standard InChI is InChI=1S/C11H12Cl2O4/c12-6-2-1-5(3-7(6)13)9(15)11-10(16)8(14)4-17-11/h1-3,8-11,14-16H,4H2/t8?,9-,10?,11?/m1/s1. The fraction of sp³-hybridized carbons (Fsp3) is 0.455. The minimum absolute atomic E-state index is 0.00418. The summed E-state index contributed by atoms with van der Waals surface area (Å²) in [6.07, 6.45) is -4.00. The maximum Gasteiger partial charge on any atom is 0.116 e. The molecule has 0 bridgehead atoms. The Balaban J connectivity index is 2.19. The third-order valence-corrected chi connectivity index (χ3v) is 3.53. The number of aliphatic hydroxyl groups is 3. The van der Waals surface area contributed by atoms with Gasteiger partial charge in [-0.15, -0.1) is 0 Å². The van der Waals surface area contributed by atoms with Crippen molar-refractivity contribution in [3.05, 3.63) is 33.8 Å². The second-order valence-corrected chi connectivity index (χ2v) is 4.79. The summed E-state index contributed by atoms with van der Waals surface area (Å²) in [6, 6.07) is 4.66. The molecule has 1 aromatic rings. The maximum absolute atomic E-state index is 10.0. The summed E-state index contributed by atoms with van der Waals surface area (Å²) in [5.74, 6) is 0. The summed E-state index contributed by atoms with van der Waals surface area (Å²) >= 11 is 11.6. The molecule has 1 aliphatic heterocycles. The molecule has 17 heavy (non-hydrogen) atoms. The lowest BCUT2D eigenvalue weighted by atomic mass is 10.00. The van der Waals surface area contributed by atoms with Crippen molar-refractivity contribution in [3.8, 4) is 0 Å². The van der Waals surface area contributed by atoms with Gasteiger partial charge in [0.2, 0.25) is 0 Å². The van der Waals surface area contributed by atoms with Crippen molar-refractivity contribution in [2.45, 2.75) is 24.4 Å². The smallest absolute Gasteiger partial charge is 0.116 e. The fourth-order valence-corrected chi connectivity index (χ4v) is 2.10. The van der Waals surface area contributed by atoms with Crippen LogP contribution < -0.4 is 0 Å². The molecule has 0 spiro atoms. The molecule has 1 aliphatic rings. The zero-order valence-corrected chi connectivity index (χ0v) is 10.3. The highest BCUT2D eigenvalue weighted by Crippen LogP contribution is 2.31. The molecule has 1 heterocycles. The first-order valence-corrected chi connectivity index (χ1v) is 5.87. The number of halogens is 2. The second kappa shape index (κ2) is 5.10. The minimum atomic E-state index is -1.11. The largest absolute Gasteiger partial charge is 0.388 e. The molecule has 4 atom stereocenters. The molecule has 1 aromatic carbocycles. The van der Waals surface area contributed by atoms with Crippen LogP contribution in [0.4, 0.5) is 0 Å². The summed E-state index contributed by atoms with van der Waals surface area (Å²) in [6.45, 7) is 0.00418.